The fraction of sp³-hybridized carbons (Fsp3) is 0.417. The van der Waals surface area contributed by atoms with E-state index in [9.17, 15) is 9.59 Å². The molecule has 1 aliphatic rings. The van der Waals surface area contributed by atoms with Gasteiger partial charge in [0.1, 0.15) is 5.75 Å². The summed E-state index contributed by atoms with van der Waals surface area (Å²) in [4.78, 5) is 27.6. The topological polar surface area (TPSA) is 65.1 Å². The maximum atomic E-state index is 12.8. The van der Waals surface area contributed by atoms with Gasteiger partial charge in [-0.15, -0.1) is 0 Å². The lowest BCUT2D eigenvalue weighted by molar-refractivity contribution is 0.0821. The first kappa shape index (κ1) is 21.8. The van der Waals surface area contributed by atoms with Crippen LogP contribution in [-0.2, 0) is 6.42 Å². The van der Waals surface area contributed by atoms with Crippen LogP contribution in [0.3, 0.4) is 0 Å². The Bertz CT molecular complexity index is 920. The molecule has 0 bridgehead atoms. The fourth-order valence-corrected chi connectivity index (χ4v) is 3.73. The Morgan fingerprint density at radius 3 is 2.43 bits per heavy atom. The largest absolute Gasteiger partial charge is 0.493 e. The average molecular weight is 411 g/mol. The van der Waals surface area contributed by atoms with Gasteiger partial charge in [0, 0.05) is 30.5 Å². The van der Waals surface area contributed by atoms with E-state index in [4.69, 9.17) is 14.2 Å². The standard InChI is InChI=1S/C24H29NO5/c1-5-25(6-2)11-10-20(26)16-8-7-9-18(12-16)30-23-14-17-13-21(28-3)22(29-4)15-19(17)24(23)27/h7-9,12-13,15,23H,5-6,10-11,14H2,1-4H3. The number of carbonyl (C=O) groups is 2. The third-order valence-corrected chi connectivity index (χ3v) is 5.56. The summed E-state index contributed by atoms with van der Waals surface area (Å²) in [6.45, 7) is 6.76. The highest BCUT2D eigenvalue weighted by Gasteiger charge is 2.34. The van der Waals surface area contributed by atoms with Gasteiger partial charge < -0.3 is 19.1 Å². The molecular formula is C24H29NO5. The van der Waals surface area contributed by atoms with E-state index in [1.54, 1.807) is 44.6 Å². The minimum atomic E-state index is -0.627. The molecule has 3 rings (SSSR count). The molecule has 6 nitrogen and oxygen atoms in total. The Kier molecular flexibility index (Phi) is 7.11. The van der Waals surface area contributed by atoms with Crippen molar-refractivity contribution in [1.29, 1.82) is 0 Å². The molecule has 0 N–H and O–H groups in total. The first-order valence-electron chi connectivity index (χ1n) is 10.3. The van der Waals surface area contributed by atoms with Crippen LogP contribution < -0.4 is 14.2 Å². The number of hydrogen-bond acceptors (Lipinski definition) is 6. The van der Waals surface area contributed by atoms with Gasteiger partial charge in [0.15, 0.2) is 23.4 Å². The minimum absolute atomic E-state index is 0.0721. The molecule has 1 aliphatic carbocycles. The van der Waals surface area contributed by atoms with Crippen LogP contribution >= 0.6 is 0 Å². The monoisotopic (exact) mass is 411 g/mol. The average Bonchev–Trinajstić information content (AvgIpc) is 3.07. The van der Waals surface area contributed by atoms with Gasteiger partial charge in [-0.1, -0.05) is 26.0 Å². The summed E-state index contributed by atoms with van der Waals surface area (Å²) >= 11 is 0. The predicted octanol–water partition coefficient (Wildman–Crippen LogP) is 3.80. The maximum Gasteiger partial charge on any atom is 0.204 e. The lowest BCUT2D eigenvalue weighted by atomic mass is 10.1. The first-order valence-corrected chi connectivity index (χ1v) is 10.3. The molecule has 0 saturated carbocycles. The number of ether oxygens (including phenoxy) is 3. The van der Waals surface area contributed by atoms with E-state index < -0.39 is 6.10 Å². The molecule has 6 heteroatoms. The van der Waals surface area contributed by atoms with Crippen LogP contribution in [-0.4, -0.2) is 56.4 Å². The second-order valence-electron chi connectivity index (χ2n) is 7.27. The Hall–Kier alpha value is -2.86. The highest BCUT2D eigenvalue weighted by atomic mass is 16.5. The molecule has 0 spiro atoms. The smallest absolute Gasteiger partial charge is 0.204 e. The van der Waals surface area contributed by atoms with Crippen molar-refractivity contribution in [2.24, 2.45) is 0 Å². The highest BCUT2D eigenvalue weighted by Crippen LogP contribution is 2.36. The van der Waals surface area contributed by atoms with Gasteiger partial charge >= 0.3 is 0 Å². The molecule has 0 aromatic heterocycles. The molecule has 0 saturated heterocycles. The summed E-state index contributed by atoms with van der Waals surface area (Å²) in [5.74, 6) is 1.61. The number of nitrogens with zero attached hydrogens (tertiary/aromatic N) is 1. The molecule has 30 heavy (non-hydrogen) atoms. The number of fused-ring (bicyclic) bond motifs is 1. The van der Waals surface area contributed by atoms with Gasteiger partial charge in [-0.25, -0.2) is 0 Å². The SMILES string of the molecule is CCN(CC)CCC(=O)c1cccc(OC2Cc3cc(OC)c(OC)cc3C2=O)c1. The molecular weight excluding hydrogens is 382 g/mol. The van der Waals surface area contributed by atoms with Crippen LogP contribution in [0.4, 0.5) is 0 Å². The fourth-order valence-electron chi connectivity index (χ4n) is 3.73. The molecule has 0 heterocycles. The van der Waals surface area contributed by atoms with Gasteiger partial charge in [-0.2, -0.15) is 0 Å². The normalized spacial score (nSPS) is 15.2. The Labute approximate surface area is 177 Å². The Morgan fingerprint density at radius 1 is 1.07 bits per heavy atom. The van der Waals surface area contributed by atoms with Crippen molar-refractivity contribution < 1.29 is 23.8 Å². The van der Waals surface area contributed by atoms with Crippen molar-refractivity contribution >= 4 is 11.6 Å². The minimum Gasteiger partial charge on any atom is -0.493 e. The second-order valence-corrected chi connectivity index (χ2v) is 7.27. The summed E-state index contributed by atoms with van der Waals surface area (Å²) in [6, 6.07) is 10.6. The zero-order valence-electron chi connectivity index (χ0n) is 18.1. The van der Waals surface area contributed by atoms with Crippen molar-refractivity contribution in [3.8, 4) is 17.2 Å². The number of benzene rings is 2. The molecule has 2 aromatic rings. The van der Waals surface area contributed by atoms with Crippen LogP contribution in [0.1, 0.15) is 46.5 Å². The second kappa shape index (κ2) is 9.76. The summed E-state index contributed by atoms with van der Waals surface area (Å²) < 4.78 is 16.6. The third-order valence-electron chi connectivity index (χ3n) is 5.56. The number of ketones is 2. The predicted molar refractivity (Wildman–Crippen MR) is 115 cm³/mol. The Balaban J connectivity index is 1.70. The molecule has 0 radical (unpaired) electrons. The quantitative estimate of drug-likeness (QED) is 0.554. The molecule has 2 aromatic carbocycles. The number of carbonyl (C=O) groups excluding carboxylic acids is 2. The van der Waals surface area contributed by atoms with Crippen molar-refractivity contribution in [3.63, 3.8) is 0 Å². The zero-order chi connectivity index (χ0) is 21.7. The van der Waals surface area contributed by atoms with Crippen LogP contribution in [0, 0.1) is 0 Å². The van der Waals surface area contributed by atoms with E-state index in [1.807, 2.05) is 6.07 Å². The van der Waals surface area contributed by atoms with Crippen molar-refractivity contribution in [2.45, 2.75) is 32.8 Å². The van der Waals surface area contributed by atoms with Gasteiger partial charge in [0.2, 0.25) is 5.78 Å². The summed E-state index contributed by atoms with van der Waals surface area (Å²) in [5, 5.41) is 0. The van der Waals surface area contributed by atoms with E-state index in [0.717, 1.165) is 25.2 Å². The Morgan fingerprint density at radius 2 is 1.77 bits per heavy atom. The highest BCUT2D eigenvalue weighted by molar-refractivity contribution is 6.04. The molecule has 1 unspecified atom stereocenters. The molecule has 0 fully saturated rings. The molecule has 0 aliphatic heterocycles. The van der Waals surface area contributed by atoms with E-state index in [1.165, 1.54) is 0 Å². The van der Waals surface area contributed by atoms with Gasteiger partial charge in [0.05, 0.1) is 14.2 Å². The van der Waals surface area contributed by atoms with Crippen LogP contribution in [0.25, 0.3) is 0 Å². The lowest BCUT2D eigenvalue weighted by Gasteiger charge is -2.17. The molecule has 160 valence electrons. The van der Waals surface area contributed by atoms with Crippen LogP contribution in [0.2, 0.25) is 0 Å². The molecule has 0 amide bonds. The summed E-state index contributed by atoms with van der Waals surface area (Å²) in [5.41, 5.74) is 2.06. The summed E-state index contributed by atoms with van der Waals surface area (Å²) in [7, 11) is 3.11. The zero-order valence-corrected chi connectivity index (χ0v) is 18.1. The van der Waals surface area contributed by atoms with Crippen molar-refractivity contribution in [3.05, 3.63) is 53.1 Å². The molecule has 1 atom stereocenters. The van der Waals surface area contributed by atoms with Gasteiger partial charge in [-0.05, 0) is 42.9 Å². The number of Topliss-reactive ketones (excluding diaryl/α,β-unsaturated/α-hetero) is 2. The third kappa shape index (κ3) is 4.65. The maximum absolute atomic E-state index is 12.8. The first-order chi connectivity index (χ1) is 14.5. The summed E-state index contributed by atoms with van der Waals surface area (Å²) in [6.07, 6.45) is 0.283. The van der Waals surface area contributed by atoms with Gasteiger partial charge in [-0.3, -0.25) is 9.59 Å². The van der Waals surface area contributed by atoms with Gasteiger partial charge in [0.25, 0.3) is 0 Å². The van der Waals surface area contributed by atoms with Crippen LogP contribution in [0.5, 0.6) is 17.2 Å². The van der Waals surface area contributed by atoms with E-state index in [0.29, 0.717) is 41.2 Å². The van der Waals surface area contributed by atoms with Crippen molar-refractivity contribution in [2.75, 3.05) is 33.9 Å². The van der Waals surface area contributed by atoms with Crippen molar-refractivity contribution in [1.82, 2.24) is 4.90 Å². The van der Waals surface area contributed by atoms with E-state index in [2.05, 4.69) is 18.7 Å². The number of hydrogen-bond donors (Lipinski definition) is 0. The number of methoxy groups -OCH3 is 2. The van der Waals surface area contributed by atoms with E-state index in [-0.39, 0.29) is 11.6 Å². The lowest BCUT2D eigenvalue weighted by Crippen LogP contribution is -2.26. The number of rotatable bonds is 10. The van der Waals surface area contributed by atoms with Crippen LogP contribution in [0.15, 0.2) is 36.4 Å². The van der Waals surface area contributed by atoms with E-state index >= 15 is 0 Å².